The Balaban J connectivity index is 2.18. The number of halogens is 1. The molecule has 1 heterocycles. The first-order valence-electron chi connectivity index (χ1n) is 5.80. The lowest BCUT2D eigenvalue weighted by Crippen LogP contribution is -2.29. The van der Waals surface area contributed by atoms with Gasteiger partial charge in [0.1, 0.15) is 0 Å². The Bertz CT molecular complexity index is 594. The van der Waals surface area contributed by atoms with Gasteiger partial charge < -0.3 is 5.32 Å². The predicted octanol–water partition coefficient (Wildman–Crippen LogP) is 1.31. The Morgan fingerprint density at radius 3 is 2.53 bits per heavy atom. The van der Waals surface area contributed by atoms with Gasteiger partial charge >= 0.3 is 0 Å². The van der Waals surface area contributed by atoms with Crippen LogP contribution in [-0.4, -0.2) is 30.2 Å². The third-order valence-corrected chi connectivity index (χ3v) is 5.64. The maximum Gasteiger partial charge on any atom is 0.238 e. The van der Waals surface area contributed by atoms with E-state index in [0.29, 0.717) is 22.2 Å². The summed E-state index contributed by atoms with van der Waals surface area (Å²) < 4.78 is 33.9. The highest BCUT2D eigenvalue weighted by Crippen LogP contribution is 2.27. The molecule has 0 saturated carbocycles. The molecular weight excluding hydrogens is 308 g/mol. The average molecular weight is 323 g/mol. The van der Waals surface area contributed by atoms with Gasteiger partial charge in [-0.25, -0.2) is 13.6 Å². The van der Waals surface area contributed by atoms with Gasteiger partial charge in [0.05, 0.1) is 15.6 Å². The monoisotopic (exact) mass is 322 g/mol. The first-order chi connectivity index (χ1) is 8.86. The molecule has 5 nitrogen and oxygen atoms in total. The van der Waals surface area contributed by atoms with Gasteiger partial charge in [0.2, 0.25) is 10.0 Å². The molecule has 1 fully saturated rings. The Hall–Kier alpha value is -0.630. The standard InChI is InChI=1S/C11H15ClN2O3S2/c12-10-2-1-9(19(13,16)17)7-11(10)14-8-3-5-18(15)6-4-8/h1-2,7-8,14H,3-6H2,(H2,13,16,17). The van der Waals surface area contributed by atoms with Gasteiger partial charge in [-0.2, -0.15) is 0 Å². The molecule has 19 heavy (non-hydrogen) atoms. The predicted molar refractivity (Wildman–Crippen MR) is 77.3 cm³/mol. The molecule has 1 aromatic rings. The van der Waals surface area contributed by atoms with Crippen LogP contribution >= 0.6 is 11.6 Å². The summed E-state index contributed by atoms with van der Waals surface area (Å²) in [6.07, 6.45) is 1.56. The van der Waals surface area contributed by atoms with Crippen molar-refractivity contribution in [3.8, 4) is 0 Å². The Morgan fingerprint density at radius 2 is 1.95 bits per heavy atom. The van der Waals surface area contributed by atoms with Gasteiger partial charge in [-0.3, -0.25) is 4.21 Å². The van der Waals surface area contributed by atoms with Crippen LogP contribution < -0.4 is 10.5 Å². The lowest BCUT2D eigenvalue weighted by atomic mass is 10.1. The van der Waals surface area contributed by atoms with E-state index in [1.807, 2.05) is 0 Å². The summed E-state index contributed by atoms with van der Waals surface area (Å²) in [5, 5.41) is 8.73. The average Bonchev–Trinajstić information content (AvgIpc) is 2.33. The van der Waals surface area contributed by atoms with Crippen LogP contribution in [0, 0.1) is 0 Å². The second-order valence-electron chi connectivity index (χ2n) is 4.45. The van der Waals surface area contributed by atoms with Crippen molar-refractivity contribution in [1.82, 2.24) is 0 Å². The van der Waals surface area contributed by atoms with E-state index in [-0.39, 0.29) is 10.9 Å². The number of sulfonamides is 1. The summed E-state index contributed by atoms with van der Waals surface area (Å²) in [5.74, 6) is 1.31. The van der Waals surface area contributed by atoms with Gasteiger partial charge in [0.15, 0.2) is 0 Å². The highest BCUT2D eigenvalue weighted by atomic mass is 35.5. The van der Waals surface area contributed by atoms with E-state index < -0.39 is 20.8 Å². The fraction of sp³-hybridized carbons (Fsp3) is 0.455. The number of nitrogens with two attached hydrogens (primary N) is 1. The number of hydrogen-bond donors (Lipinski definition) is 2. The normalized spacial score (nSPS) is 24.1. The Morgan fingerprint density at radius 1 is 1.32 bits per heavy atom. The molecule has 0 aromatic heterocycles. The van der Waals surface area contributed by atoms with E-state index in [0.717, 1.165) is 12.8 Å². The summed E-state index contributed by atoms with van der Waals surface area (Å²) in [6.45, 7) is 0. The van der Waals surface area contributed by atoms with Gasteiger partial charge in [0.25, 0.3) is 0 Å². The van der Waals surface area contributed by atoms with Crippen LogP contribution in [0.5, 0.6) is 0 Å². The minimum atomic E-state index is -3.74. The van der Waals surface area contributed by atoms with Crippen molar-refractivity contribution in [3.63, 3.8) is 0 Å². The number of anilines is 1. The van der Waals surface area contributed by atoms with E-state index in [9.17, 15) is 12.6 Å². The molecule has 0 amide bonds. The molecule has 0 radical (unpaired) electrons. The molecule has 1 saturated heterocycles. The van der Waals surface area contributed by atoms with Crippen molar-refractivity contribution < 1.29 is 12.6 Å². The highest BCUT2D eigenvalue weighted by Gasteiger charge is 2.19. The second kappa shape index (κ2) is 5.78. The van der Waals surface area contributed by atoms with Crippen LogP contribution in [0.25, 0.3) is 0 Å². The minimum absolute atomic E-state index is 0.0267. The van der Waals surface area contributed by atoms with Crippen molar-refractivity contribution in [2.45, 2.75) is 23.8 Å². The highest BCUT2D eigenvalue weighted by molar-refractivity contribution is 7.89. The molecular formula is C11H15ClN2O3S2. The summed E-state index contributed by atoms with van der Waals surface area (Å²) in [6, 6.07) is 4.47. The first-order valence-corrected chi connectivity index (χ1v) is 9.21. The molecule has 1 aliphatic heterocycles. The number of hydrogen-bond acceptors (Lipinski definition) is 4. The third kappa shape index (κ3) is 3.92. The molecule has 106 valence electrons. The molecule has 1 aromatic carbocycles. The smallest absolute Gasteiger partial charge is 0.238 e. The molecule has 0 bridgehead atoms. The van der Waals surface area contributed by atoms with E-state index in [4.69, 9.17) is 16.7 Å². The summed E-state index contributed by atoms with van der Waals surface area (Å²) in [4.78, 5) is 0.0267. The largest absolute Gasteiger partial charge is 0.381 e. The van der Waals surface area contributed by atoms with Crippen molar-refractivity contribution in [2.24, 2.45) is 5.14 Å². The zero-order valence-corrected chi connectivity index (χ0v) is 12.5. The van der Waals surface area contributed by atoms with Crippen LogP contribution in [0.1, 0.15) is 12.8 Å². The molecule has 1 aliphatic rings. The summed E-state index contributed by atoms with van der Waals surface area (Å²) in [7, 11) is -4.47. The van der Waals surface area contributed by atoms with Crippen LogP contribution in [0.3, 0.4) is 0 Å². The van der Waals surface area contributed by atoms with Crippen LogP contribution in [-0.2, 0) is 20.8 Å². The maximum atomic E-state index is 11.3. The van der Waals surface area contributed by atoms with Gasteiger partial charge in [-0.1, -0.05) is 11.6 Å². The molecule has 2 rings (SSSR count). The van der Waals surface area contributed by atoms with E-state index in [2.05, 4.69) is 5.32 Å². The number of rotatable bonds is 3. The van der Waals surface area contributed by atoms with Crippen LogP contribution in [0.4, 0.5) is 5.69 Å². The van der Waals surface area contributed by atoms with Crippen molar-refractivity contribution in [3.05, 3.63) is 23.2 Å². The van der Waals surface area contributed by atoms with Crippen molar-refractivity contribution >= 4 is 38.1 Å². The van der Waals surface area contributed by atoms with Gasteiger partial charge in [0, 0.05) is 28.3 Å². The summed E-state index contributed by atoms with van der Waals surface area (Å²) in [5.41, 5.74) is 0.547. The molecule has 3 N–H and O–H groups in total. The summed E-state index contributed by atoms with van der Waals surface area (Å²) >= 11 is 6.04. The van der Waals surface area contributed by atoms with Crippen molar-refractivity contribution in [2.75, 3.05) is 16.8 Å². The van der Waals surface area contributed by atoms with E-state index in [1.54, 1.807) is 0 Å². The number of primary sulfonamides is 1. The van der Waals surface area contributed by atoms with Crippen LogP contribution in [0.15, 0.2) is 23.1 Å². The SMILES string of the molecule is NS(=O)(=O)c1ccc(Cl)c(NC2CCS(=O)CC2)c1. The van der Waals surface area contributed by atoms with E-state index in [1.165, 1.54) is 18.2 Å². The molecule has 8 heteroatoms. The molecule has 0 unspecified atom stereocenters. The van der Waals surface area contributed by atoms with Gasteiger partial charge in [-0.05, 0) is 31.0 Å². The number of benzene rings is 1. The lowest BCUT2D eigenvalue weighted by Gasteiger charge is -2.24. The lowest BCUT2D eigenvalue weighted by molar-refractivity contribution is 0.597. The fourth-order valence-corrected chi connectivity index (χ4v) is 3.96. The number of nitrogens with one attached hydrogen (secondary N) is 1. The Kier molecular flexibility index (Phi) is 4.50. The molecule has 0 aliphatic carbocycles. The van der Waals surface area contributed by atoms with Crippen LogP contribution in [0.2, 0.25) is 5.02 Å². The first kappa shape index (κ1) is 14.8. The molecule has 0 atom stereocenters. The maximum absolute atomic E-state index is 11.3. The Labute approximate surface area is 120 Å². The second-order valence-corrected chi connectivity index (χ2v) is 8.12. The van der Waals surface area contributed by atoms with E-state index >= 15 is 0 Å². The van der Waals surface area contributed by atoms with Gasteiger partial charge in [-0.15, -0.1) is 0 Å². The molecule has 0 spiro atoms. The zero-order chi connectivity index (χ0) is 14.0. The zero-order valence-electron chi connectivity index (χ0n) is 10.1. The fourth-order valence-electron chi connectivity index (χ4n) is 1.95. The quantitative estimate of drug-likeness (QED) is 0.878. The topological polar surface area (TPSA) is 89.3 Å². The van der Waals surface area contributed by atoms with Crippen molar-refractivity contribution in [1.29, 1.82) is 0 Å². The minimum Gasteiger partial charge on any atom is -0.381 e. The third-order valence-electron chi connectivity index (χ3n) is 3.01.